The maximum Gasteiger partial charge on any atom is 0.119 e. The van der Waals surface area contributed by atoms with Gasteiger partial charge in [0.1, 0.15) is 11.5 Å². The topological polar surface area (TPSA) is 18.5 Å². The second-order valence-corrected chi connectivity index (χ2v) is 7.23. The van der Waals surface area contributed by atoms with Crippen molar-refractivity contribution in [2.24, 2.45) is 0 Å². The van der Waals surface area contributed by atoms with Crippen LogP contribution in [0.2, 0.25) is 0 Å². The zero-order chi connectivity index (χ0) is 19.0. The molecule has 0 aliphatic carbocycles. The van der Waals surface area contributed by atoms with Gasteiger partial charge in [-0.3, -0.25) is 0 Å². The van der Waals surface area contributed by atoms with Gasteiger partial charge < -0.3 is 9.47 Å². The van der Waals surface area contributed by atoms with Crippen LogP contribution < -0.4 is 9.47 Å². The first-order chi connectivity index (χ1) is 13.4. The standard InChI is InChI=1S/C25H36O2/c1-2-3-9-14-23-17-19-25(20-18-23)27-22-13-7-5-4-6-12-21-26-24-15-10-8-11-16-24/h8,10-11,15-20H,2-7,9,12-14,21-22H2,1H3. The average Bonchev–Trinajstić information content (AvgIpc) is 2.71. The number of benzene rings is 2. The number of para-hydroxylation sites is 1. The van der Waals surface area contributed by atoms with Crippen molar-refractivity contribution in [3.63, 3.8) is 0 Å². The molecular formula is C25H36O2. The highest BCUT2D eigenvalue weighted by molar-refractivity contribution is 5.27. The third kappa shape index (κ3) is 10.1. The van der Waals surface area contributed by atoms with Gasteiger partial charge in [-0.25, -0.2) is 0 Å². The molecule has 2 heteroatoms. The Balaban J connectivity index is 1.41. The second-order valence-electron chi connectivity index (χ2n) is 7.23. The quantitative estimate of drug-likeness (QED) is 0.309. The highest BCUT2D eigenvalue weighted by Crippen LogP contribution is 2.15. The molecule has 0 aliphatic heterocycles. The minimum Gasteiger partial charge on any atom is -0.494 e. The minimum absolute atomic E-state index is 0.821. The van der Waals surface area contributed by atoms with Crippen molar-refractivity contribution in [2.75, 3.05) is 13.2 Å². The lowest BCUT2D eigenvalue weighted by atomic mass is 10.1. The molecule has 0 bridgehead atoms. The van der Waals surface area contributed by atoms with Crippen molar-refractivity contribution >= 4 is 0 Å². The summed E-state index contributed by atoms with van der Waals surface area (Å²) in [6.45, 7) is 3.89. The summed E-state index contributed by atoms with van der Waals surface area (Å²) >= 11 is 0. The zero-order valence-corrected chi connectivity index (χ0v) is 17.0. The van der Waals surface area contributed by atoms with Crippen molar-refractivity contribution in [3.8, 4) is 11.5 Å². The molecule has 2 rings (SSSR count). The third-order valence-electron chi connectivity index (χ3n) is 4.81. The molecule has 0 amide bonds. The molecule has 2 nitrogen and oxygen atoms in total. The van der Waals surface area contributed by atoms with Crippen LogP contribution in [0.3, 0.4) is 0 Å². The van der Waals surface area contributed by atoms with E-state index in [0.717, 1.165) is 37.6 Å². The normalized spacial score (nSPS) is 10.7. The molecule has 0 aromatic heterocycles. The fourth-order valence-corrected chi connectivity index (χ4v) is 3.14. The molecule has 0 aliphatic rings. The van der Waals surface area contributed by atoms with Crippen molar-refractivity contribution in [1.82, 2.24) is 0 Å². The summed E-state index contributed by atoms with van der Waals surface area (Å²) in [6.07, 6.45) is 12.4. The van der Waals surface area contributed by atoms with Gasteiger partial charge >= 0.3 is 0 Å². The van der Waals surface area contributed by atoms with Gasteiger partial charge in [0.2, 0.25) is 0 Å². The van der Waals surface area contributed by atoms with E-state index in [9.17, 15) is 0 Å². The molecule has 0 N–H and O–H groups in total. The fraction of sp³-hybridized carbons (Fsp3) is 0.520. The van der Waals surface area contributed by atoms with Crippen LogP contribution >= 0.6 is 0 Å². The maximum atomic E-state index is 5.86. The largest absolute Gasteiger partial charge is 0.494 e. The number of rotatable bonds is 15. The van der Waals surface area contributed by atoms with Crippen molar-refractivity contribution in [2.45, 2.75) is 71.1 Å². The van der Waals surface area contributed by atoms with Crippen LogP contribution in [0.5, 0.6) is 11.5 Å². The first-order valence-electron chi connectivity index (χ1n) is 10.8. The first-order valence-corrected chi connectivity index (χ1v) is 10.8. The Kier molecular flexibility index (Phi) is 11.2. The van der Waals surface area contributed by atoms with Crippen LogP contribution in [-0.2, 0) is 6.42 Å². The van der Waals surface area contributed by atoms with E-state index in [1.54, 1.807) is 0 Å². The van der Waals surface area contributed by atoms with Gasteiger partial charge in [0.15, 0.2) is 0 Å². The van der Waals surface area contributed by atoms with Gasteiger partial charge in [-0.1, -0.05) is 75.8 Å². The number of hydrogen-bond acceptors (Lipinski definition) is 2. The van der Waals surface area contributed by atoms with E-state index >= 15 is 0 Å². The van der Waals surface area contributed by atoms with E-state index in [1.165, 1.54) is 56.9 Å². The lowest BCUT2D eigenvalue weighted by Crippen LogP contribution is -1.98. The predicted octanol–water partition coefficient (Wildman–Crippen LogP) is 7.22. The van der Waals surface area contributed by atoms with Crippen molar-refractivity contribution < 1.29 is 9.47 Å². The summed E-state index contributed by atoms with van der Waals surface area (Å²) in [5.74, 6) is 1.98. The number of hydrogen-bond donors (Lipinski definition) is 0. The molecule has 2 aromatic carbocycles. The predicted molar refractivity (Wildman–Crippen MR) is 115 cm³/mol. The van der Waals surface area contributed by atoms with Gasteiger partial charge in [0.25, 0.3) is 0 Å². The Hall–Kier alpha value is -1.96. The Labute approximate surface area is 165 Å². The maximum absolute atomic E-state index is 5.86. The van der Waals surface area contributed by atoms with E-state index < -0.39 is 0 Å². The molecule has 0 saturated carbocycles. The third-order valence-corrected chi connectivity index (χ3v) is 4.81. The van der Waals surface area contributed by atoms with Crippen LogP contribution in [-0.4, -0.2) is 13.2 Å². The summed E-state index contributed by atoms with van der Waals surface area (Å²) in [6, 6.07) is 18.7. The molecule has 27 heavy (non-hydrogen) atoms. The van der Waals surface area contributed by atoms with Gasteiger partial charge in [-0.15, -0.1) is 0 Å². The van der Waals surface area contributed by atoms with Crippen LogP contribution in [0.15, 0.2) is 54.6 Å². The van der Waals surface area contributed by atoms with E-state index in [-0.39, 0.29) is 0 Å². The van der Waals surface area contributed by atoms with Crippen LogP contribution in [0.1, 0.15) is 70.3 Å². The molecule has 0 radical (unpaired) electrons. The Bertz CT molecular complexity index is 577. The van der Waals surface area contributed by atoms with Gasteiger partial charge in [0.05, 0.1) is 13.2 Å². The molecule has 0 atom stereocenters. The molecule has 2 aromatic rings. The molecule has 0 unspecified atom stereocenters. The lowest BCUT2D eigenvalue weighted by molar-refractivity contribution is 0.297. The van der Waals surface area contributed by atoms with Crippen LogP contribution in [0.4, 0.5) is 0 Å². The van der Waals surface area contributed by atoms with E-state index in [2.05, 4.69) is 31.2 Å². The Morgan fingerprint density at radius 3 is 1.70 bits per heavy atom. The molecule has 0 spiro atoms. The zero-order valence-electron chi connectivity index (χ0n) is 17.0. The number of ether oxygens (including phenoxy) is 2. The minimum atomic E-state index is 0.821. The smallest absolute Gasteiger partial charge is 0.119 e. The summed E-state index contributed by atoms with van der Waals surface area (Å²) in [5, 5.41) is 0. The molecule has 148 valence electrons. The first kappa shape index (κ1) is 21.3. The molecule has 0 fully saturated rings. The number of aryl methyl sites for hydroxylation is 1. The molecular weight excluding hydrogens is 332 g/mol. The Morgan fingerprint density at radius 1 is 0.556 bits per heavy atom. The van der Waals surface area contributed by atoms with Crippen LogP contribution in [0, 0.1) is 0 Å². The van der Waals surface area contributed by atoms with Gasteiger partial charge in [0, 0.05) is 0 Å². The van der Waals surface area contributed by atoms with E-state index in [4.69, 9.17) is 9.47 Å². The van der Waals surface area contributed by atoms with Crippen LogP contribution in [0.25, 0.3) is 0 Å². The van der Waals surface area contributed by atoms with Crippen molar-refractivity contribution in [1.29, 1.82) is 0 Å². The monoisotopic (exact) mass is 368 g/mol. The fourth-order valence-electron chi connectivity index (χ4n) is 3.14. The van der Waals surface area contributed by atoms with Gasteiger partial charge in [-0.05, 0) is 55.5 Å². The Morgan fingerprint density at radius 2 is 1.11 bits per heavy atom. The summed E-state index contributed by atoms with van der Waals surface area (Å²) in [5.41, 5.74) is 1.42. The highest BCUT2D eigenvalue weighted by Gasteiger charge is 1.97. The summed E-state index contributed by atoms with van der Waals surface area (Å²) in [7, 11) is 0. The second kappa shape index (κ2) is 14.1. The van der Waals surface area contributed by atoms with E-state index in [1.807, 2.05) is 30.3 Å². The van der Waals surface area contributed by atoms with Gasteiger partial charge in [-0.2, -0.15) is 0 Å². The summed E-state index contributed by atoms with van der Waals surface area (Å²) < 4.78 is 11.6. The SMILES string of the molecule is CCCCCc1ccc(OCCCCCCCCOc2ccccc2)cc1. The summed E-state index contributed by atoms with van der Waals surface area (Å²) in [4.78, 5) is 0. The highest BCUT2D eigenvalue weighted by atomic mass is 16.5. The molecule has 0 heterocycles. The lowest BCUT2D eigenvalue weighted by Gasteiger charge is -2.08. The van der Waals surface area contributed by atoms with Crippen molar-refractivity contribution in [3.05, 3.63) is 60.2 Å². The number of unbranched alkanes of at least 4 members (excludes halogenated alkanes) is 7. The van der Waals surface area contributed by atoms with E-state index in [0.29, 0.717) is 0 Å². The average molecular weight is 369 g/mol. The molecule has 0 saturated heterocycles.